The number of carbonyl (C=O) groups is 1. The Morgan fingerprint density at radius 3 is 1.96 bits per heavy atom. The molecule has 0 rings (SSSR count). The molecule has 0 amide bonds. The highest BCUT2D eigenvalue weighted by atomic mass is 29.2. The first-order valence-corrected chi connectivity index (χ1v) is 20.7. The van der Waals surface area contributed by atoms with Gasteiger partial charge < -0.3 is 19.7 Å². The van der Waals surface area contributed by atoms with Gasteiger partial charge in [0.2, 0.25) is 0 Å². The number of carboxylic acids is 1. The maximum atomic E-state index is 12.6. The second kappa shape index (κ2) is 10.5. The monoisotopic (exact) mass is 434 g/mol. The van der Waals surface area contributed by atoms with Crippen molar-refractivity contribution in [1.82, 2.24) is 0 Å². The van der Waals surface area contributed by atoms with E-state index in [1.54, 1.807) is 0 Å². The van der Waals surface area contributed by atoms with Crippen LogP contribution in [0.2, 0.25) is 45.8 Å². The Labute approximate surface area is 169 Å². The van der Waals surface area contributed by atoms with E-state index in [0.717, 1.165) is 11.6 Å². The van der Waals surface area contributed by atoms with Gasteiger partial charge in [0, 0.05) is 6.42 Å². The summed E-state index contributed by atoms with van der Waals surface area (Å²) in [5, 5.41) is 31.1. The molecule has 0 heterocycles. The number of aliphatic hydroxyl groups is 2. The second-order valence-electron chi connectivity index (χ2n) is 9.41. The molecule has 0 bridgehead atoms. The number of hydrogen-bond acceptors (Lipinski definition) is 4. The normalized spacial score (nSPS) is 17.5. The van der Waals surface area contributed by atoms with E-state index in [4.69, 9.17) is 4.43 Å². The van der Waals surface area contributed by atoms with Crippen LogP contribution < -0.4 is 0 Å². The van der Waals surface area contributed by atoms with Crippen LogP contribution in [0, 0.1) is 0 Å². The van der Waals surface area contributed by atoms with Crippen molar-refractivity contribution in [2.75, 3.05) is 6.61 Å². The first-order valence-electron chi connectivity index (χ1n) is 10.1. The quantitative estimate of drug-likeness (QED) is 0.322. The average Bonchev–Trinajstić information content (AvgIpc) is 2.49. The molecule has 0 aromatic carbocycles. The highest BCUT2D eigenvalue weighted by Gasteiger charge is 2.47. The van der Waals surface area contributed by atoms with Gasteiger partial charge in [-0.05, 0) is 25.9 Å². The van der Waals surface area contributed by atoms with Crippen molar-refractivity contribution >= 4 is 30.2 Å². The number of rotatable bonds is 12. The maximum absolute atomic E-state index is 12.6. The van der Waals surface area contributed by atoms with Gasteiger partial charge in [-0.15, -0.1) is 0 Å². The molecule has 0 saturated carbocycles. The van der Waals surface area contributed by atoms with E-state index >= 15 is 0 Å². The summed E-state index contributed by atoms with van der Waals surface area (Å²) in [4.78, 5) is 12.6. The smallest absolute Gasteiger partial charge is 0.334 e. The predicted octanol–water partition coefficient (Wildman–Crippen LogP) is 3.72. The molecule has 2 atom stereocenters. The fraction of sp³-hybridized carbons (Fsp3) is 0.842. The summed E-state index contributed by atoms with van der Waals surface area (Å²) in [6.45, 7) is 18.9. The summed E-state index contributed by atoms with van der Waals surface area (Å²) in [6, 6.07) is 0. The molecule has 0 fully saturated rings. The molecule has 0 aromatic rings. The lowest BCUT2D eigenvalue weighted by molar-refractivity contribution is -0.135. The highest BCUT2D eigenvalue weighted by Crippen LogP contribution is 2.40. The topological polar surface area (TPSA) is 87.0 Å². The minimum atomic E-state index is -2.10. The summed E-state index contributed by atoms with van der Waals surface area (Å²) in [6.07, 6.45) is 1.09. The predicted molar refractivity (Wildman–Crippen MR) is 121 cm³/mol. The Morgan fingerprint density at radius 1 is 1.15 bits per heavy atom. The van der Waals surface area contributed by atoms with E-state index in [9.17, 15) is 20.1 Å². The van der Waals surface area contributed by atoms with Gasteiger partial charge in [0.1, 0.15) is 0 Å². The third-order valence-corrected chi connectivity index (χ3v) is 20.3. The first-order chi connectivity index (χ1) is 12.2. The van der Waals surface area contributed by atoms with E-state index in [1.165, 1.54) is 0 Å². The Hall–Kier alpha value is -0.259. The lowest BCUT2D eigenvalue weighted by Crippen LogP contribution is -2.56. The molecular weight excluding hydrogens is 392 g/mol. The van der Waals surface area contributed by atoms with Crippen molar-refractivity contribution in [3.05, 3.63) is 10.8 Å². The van der Waals surface area contributed by atoms with Crippen LogP contribution in [0.25, 0.3) is 0 Å². The van der Waals surface area contributed by atoms with Gasteiger partial charge >= 0.3 is 5.97 Å². The molecule has 0 aliphatic carbocycles. The molecule has 0 spiro atoms. The van der Waals surface area contributed by atoms with Crippen LogP contribution in [0.1, 0.15) is 39.5 Å². The number of aliphatic hydroxyl groups excluding tert-OH is 2. The Kier molecular flexibility index (Phi) is 10.4. The molecule has 2 unspecified atom stereocenters. The number of allylic oxidation sites excluding steroid dienone is 1. The molecular formula is C19H42O5Si3. The van der Waals surface area contributed by atoms with E-state index in [1.807, 2.05) is 13.8 Å². The van der Waals surface area contributed by atoms with Gasteiger partial charge in [-0.3, -0.25) is 0 Å². The Balaban J connectivity index is 6.88. The Bertz CT molecular complexity index is 526. The fourth-order valence-corrected chi connectivity index (χ4v) is 8.68. The number of hydrogen-bond donors (Lipinski definition) is 3. The van der Waals surface area contributed by atoms with E-state index in [0.29, 0.717) is 18.4 Å². The van der Waals surface area contributed by atoms with Gasteiger partial charge in [0.05, 0.1) is 40.3 Å². The molecule has 0 saturated heterocycles. The summed E-state index contributed by atoms with van der Waals surface area (Å²) < 4.78 is 6.81. The largest absolute Gasteiger partial charge is 0.478 e. The van der Waals surface area contributed by atoms with Crippen molar-refractivity contribution < 1.29 is 24.5 Å². The van der Waals surface area contributed by atoms with Crippen molar-refractivity contribution in [3.63, 3.8) is 0 Å². The summed E-state index contributed by atoms with van der Waals surface area (Å²) in [5.41, 5.74) is -0.685. The zero-order chi connectivity index (χ0) is 21.6. The zero-order valence-corrected chi connectivity index (χ0v) is 22.0. The number of carboxylic acid groups (broad SMARTS) is 1. The van der Waals surface area contributed by atoms with Gasteiger partial charge in [0.25, 0.3) is 0 Å². The van der Waals surface area contributed by atoms with Gasteiger partial charge in [-0.1, -0.05) is 58.2 Å². The average molecular weight is 435 g/mol. The van der Waals surface area contributed by atoms with Crippen LogP contribution in [0.5, 0.6) is 0 Å². The lowest BCUT2D eigenvalue weighted by atomic mass is 9.83. The second-order valence-corrected chi connectivity index (χ2v) is 27.9. The third-order valence-electron chi connectivity index (χ3n) is 5.51. The zero-order valence-electron chi connectivity index (χ0n) is 18.8. The van der Waals surface area contributed by atoms with Crippen LogP contribution in [0.15, 0.2) is 10.8 Å². The van der Waals surface area contributed by atoms with E-state index in [2.05, 4.69) is 45.8 Å². The standard InChI is InChI=1S/C19H42O5Si3/c1-10-12-19(13-15(21)14-20,24-27(8,9)25(3)4)17(18(22)23)16(11-2)26(5,6)7/h15,20-21,25H,10-14H2,1-9H3,(H,22,23). The molecule has 160 valence electrons. The molecule has 8 heteroatoms. The summed E-state index contributed by atoms with van der Waals surface area (Å²) >= 11 is 0. The van der Waals surface area contributed by atoms with Crippen molar-refractivity contribution in [3.8, 4) is 0 Å². The molecule has 0 aliphatic rings. The van der Waals surface area contributed by atoms with Crippen LogP contribution >= 0.6 is 0 Å². The van der Waals surface area contributed by atoms with Gasteiger partial charge in [-0.25, -0.2) is 4.79 Å². The van der Waals surface area contributed by atoms with E-state index in [-0.39, 0.29) is 6.42 Å². The fourth-order valence-electron chi connectivity index (χ4n) is 3.62. The molecule has 27 heavy (non-hydrogen) atoms. The highest BCUT2D eigenvalue weighted by molar-refractivity contribution is 7.28. The molecule has 0 radical (unpaired) electrons. The molecule has 5 nitrogen and oxygen atoms in total. The van der Waals surface area contributed by atoms with Gasteiger partial charge in [0.15, 0.2) is 7.83 Å². The third kappa shape index (κ3) is 7.25. The van der Waals surface area contributed by atoms with Crippen LogP contribution in [-0.4, -0.2) is 63.8 Å². The lowest BCUT2D eigenvalue weighted by Gasteiger charge is -2.45. The van der Waals surface area contributed by atoms with Crippen molar-refractivity contribution in [2.24, 2.45) is 0 Å². The molecule has 0 aromatic heterocycles. The maximum Gasteiger partial charge on any atom is 0.334 e. The SMILES string of the molecule is CCCC(CC(O)CO)(O[Si](C)(C)[SiH](C)C)C(C(=O)O)=C(CC)[Si](C)(C)C. The summed E-state index contributed by atoms with van der Waals surface area (Å²) in [5.74, 6) is -0.942. The van der Waals surface area contributed by atoms with E-state index < -0.39 is 48.5 Å². The van der Waals surface area contributed by atoms with Crippen LogP contribution in [-0.2, 0) is 9.22 Å². The minimum Gasteiger partial charge on any atom is -0.478 e. The van der Waals surface area contributed by atoms with Crippen molar-refractivity contribution in [1.29, 1.82) is 0 Å². The minimum absolute atomic E-state index is 0.129. The molecule has 0 aliphatic heterocycles. The summed E-state index contributed by atoms with van der Waals surface area (Å²) in [7, 11) is -5.15. The van der Waals surface area contributed by atoms with Gasteiger partial charge in [-0.2, -0.15) is 0 Å². The Morgan fingerprint density at radius 2 is 1.67 bits per heavy atom. The van der Waals surface area contributed by atoms with Crippen LogP contribution in [0.3, 0.4) is 0 Å². The van der Waals surface area contributed by atoms with Crippen LogP contribution in [0.4, 0.5) is 0 Å². The van der Waals surface area contributed by atoms with Crippen molar-refractivity contribution in [2.45, 2.75) is 97.1 Å². The number of aliphatic carboxylic acids is 1. The molecule has 3 N–H and O–H groups in total. The first kappa shape index (κ1) is 26.7.